The van der Waals surface area contributed by atoms with Gasteiger partial charge in [0.05, 0.1) is 23.4 Å². The van der Waals surface area contributed by atoms with Crippen LogP contribution in [0.2, 0.25) is 0 Å². The molecule has 0 aliphatic heterocycles. The Kier molecular flexibility index (Phi) is 8.14. The third-order valence-electron chi connectivity index (χ3n) is 9.42. The van der Waals surface area contributed by atoms with Crippen molar-refractivity contribution in [2.24, 2.45) is 29.6 Å². The maximum absolute atomic E-state index is 13.4. The van der Waals surface area contributed by atoms with Gasteiger partial charge >= 0.3 is 0 Å². The molecule has 42 heavy (non-hydrogen) atoms. The summed E-state index contributed by atoms with van der Waals surface area (Å²) >= 11 is 0. The number of aromatic amines is 1. The SMILES string of the molecule is CC(C)CC(NC(=O)c1ccc2[nH]nc(-c3ccc(OC4CC5CCC(C4)C5C(C)C=O)cc3)c2c1)c1ccccc1. The zero-order valence-electron chi connectivity index (χ0n) is 24.8. The Morgan fingerprint density at radius 3 is 2.38 bits per heavy atom. The molecule has 2 saturated carbocycles. The smallest absolute Gasteiger partial charge is 0.251 e. The highest BCUT2D eigenvalue weighted by atomic mass is 16.5. The van der Waals surface area contributed by atoms with E-state index in [2.05, 4.69) is 48.4 Å². The fraction of sp³-hybridized carbons (Fsp3) is 0.417. The summed E-state index contributed by atoms with van der Waals surface area (Å²) in [6.07, 6.45) is 6.68. The number of benzene rings is 3. The first-order chi connectivity index (χ1) is 20.4. The Balaban J connectivity index is 1.16. The number of amides is 1. The van der Waals surface area contributed by atoms with Crippen LogP contribution >= 0.6 is 0 Å². The molecule has 1 amide bonds. The molecule has 2 N–H and O–H groups in total. The van der Waals surface area contributed by atoms with Crippen LogP contribution in [-0.4, -0.2) is 28.5 Å². The van der Waals surface area contributed by atoms with Crippen LogP contribution in [0.5, 0.6) is 5.75 Å². The lowest BCUT2D eigenvalue weighted by Gasteiger charge is -2.37. The third kappa shape index (κ3) is 5.85. The molecule has 6 nitrogen and oxygen atoms in total. The highest BCUT2D eigenvalue weighted by Crippen LogP contribution is 2.50. The van der Waals surface area contributed by atoms with Crippen molar-refractivity contribution in [2.75, 3.05) is 0 Å². The first-order valence-electron chi connectivity index (χ1n) is 15.5. The minimum atomic E-state index is -0.0893. The molecule has 2 bridgehead atoms. The van der Waals surface area contributed by atoms with Gasteiger partial charge in [-0.15, -0.1) is 0 Å². The van der Waals surface area contributed by atoms with Gasteiger partial charge in [0.1, 0.15) is 12.0 Å². The number of carbonyl (C=O) groups is 2. The van der Waals surface area contributed by atoms with E-state index in [9.17, 15) is 9.59 Å². The number of H-pyrrole nitrogens is 1. The number of rotatable bonds is 10. The molecular weight excluding hydrogens is 522 g/mol. The highest BCUT2D eigenvalue weighted by Gasteiger charge is 2.45. The molecule has 4 aromatic rings. The van der Waals surface area contributed by atoms with Crippen LogP contribution in [0, 0.1) is 29.6 Å². The lowest BCUT2D eigenvalue weighted by atomic mass is 9.71. The van der Waals surface area contributed by atoms with E-state index in [4.69, 9.17) is 4.74 Å². The molecule has 4 unspecified atom stereocenters. The van der Waals surface area contributed by atoms with Gasteiger partial charge in [0.2, 0.25) is 0 Å². The van der Waals surface area contributed by atoms with E-state index in [1.54, 1.807) is 0 Å². The maximum atomic E-state index is 13.4. The molecule has 0 radical (unpaired) electrons. The van der Waals surface area contributed by atoms with Crippen molar-refractivity contribution in [1.29, 1.82) is 0 Å². The Morgan fingerprint density at radius 1 is 1.00 bits per heavy atom. The summed E-state index contributed by atoms with van der Waals surface area (Å²) in [5.74, 6) is 3.05. The standard InChI is InChI=1S/C36H41N3O3/c1-22(2)17-33(24-7-5-4-6-8-24)37-36(41)28-13-16-32-31(20-28)35(39-38-32)25-11-14-29(15-12-25)42-30-18-26-9-10-27(19-30)34(26)23(3)21-40/h4-8,11-16,20-23,26-27,30,33-34H,9-10,17-19H2,1-3H3,(H,37,41)(H,38,39). The van der Waals surface area contributed by atoms with Crippen LogP contribution in [-0.2, 0) is 4.79 Å². The monoisotopic (exact) mass is 563 g/mol. The van der Waals surface area contributed by atoms with Crippen LogP contribution in [0.25, 0.3) is 22.2 Å². The summed E-state index contributed by atoms with van der Waals surface area (Å²) in [4.78, 5) is 24.8. The average molecular weight is 564 g/mol. The molecule has 0 spiro atoms. The second-order valence-corrected chi connectivity index (χ2v) is 12.8. The number of aldehydes is 1. The quantitative estimate of drug-likeness (QED) is 0.193. The summed E-state index contributed by atoms with van der Waals surface area (Å²) in [5, 5.41) is 11.9. The van der Waals surface area contributed by atoms with Crippen LogP contribution in [0.3, 0.4) is 0 Å². The first kappa shape index (κ1) is 28.2. The molecule has 6 heteroatoms. The van der Waals surface area contributed by atoms with Crippen LogP contribution in [0.4, 0.5) is 0 Å². The summed E-state index contributed by atoms with van der Waals surface area (Å²) < 4.78 is 6.44. The van der Waals surface area contributed by atoms with E-state index >= 15 is 0 Å². The fourth-order valence-electron chi connectivity index (χ4n) is 7.50. The molecule has 1 heterocycles. The zero-order chi connectivity index (χ0) is 29.2. The fourth-order valence-corrected chi connectivity index (χ4v) is 7.50. The Morgan fingerprint density at radius 2 is 1.71 bits per heavy atom. The van der Waals surface area contributed by atoms with Crippen molar-refractivity contribution >= 4 is 23.1 Å². The van der Waals surface area contributed by atoms with Gasteiger partial charge in [-0.05, 0) is 104 Å². The van der Waals surface area contributed by atoms with E-state index in [1.807, 2.05) is 60.7 Å². The van der Waals surface area contributed by atoms with Crippen molar-refractivity contribution in [3.05, 3.63) is 83.9 Å². The summed E-state index contributed by atoms with van der Waals surface area (Å²) in [6, 6.07) is 23.9. The van der Waals surface area contributed by atoms with Gasteiger partial charge in [-0.25, -0.2) is 0 Å². The van der Waals surface area contributed by atoms with Gasteiger partial charge in [-0.3, -0.25) is 9.89 Å². The lowest BCUT2D eigenvalue weighted by Crippen LogP contribution is -2.36. The second-order valence-electron chi connectivity index (χ2n) is 12.8. The number of hydrogen-bond donors (Lipinski definition) is 2. The maximum Gasteiger partial charge on any atom is 0.251 e. The van der Waals surface area contributed by atoms with Crippen LogP contribution in [0.1, 0.15) is 74.8 Å². The number of nitrogens with zero attached hydrogens (tertiary/aromatic N) is 1. The van der Waals surface area contributed by atoms with Crippen molar-refractivity contribution in [1.82, 2.24) is 15.5 Å². The molecule has 2 aliphatic rings. The largest absolute Gasteiger partial charge is 0.490 e. The first-order valence-corrected chi connectivity index (χ1v) is 15.5. The van der Waals surface area contributed by atoms with Gasteiger partial charge in [0.25, 0.3) is 5.91 Å². The van der Waals surface area contributed by atoms with Crippen molar-refractivity contribution < 1.29 is 14.3 Å². The molecule has 2 fully saturated rings. The minimum absolute atomic E-state index is 0.0515. The molecule has 1 aromatic heterocycles. The third-order valence-corrected chi connectivity index (χ3v) is 9.42. The second kappa shape index (κ2) is 12.1. The van der Waals surface area contributed by atoms with Gasteiger partial charge in [-0.1, -0.05) is 51.1 Å². The molecule has 218 valence electrons. The number of nitrogens with one attached hydrogen (secondary N) is 2. The molecule has 3 aromatic carbocycles. The molecular formula is C36H41N3O3. The van der Waals surface area contributed by atoms with E-state index < -0.39 is 0 Å². The van der Waals surface area contributed by atoms with E-state index in [-0.39, 0.29) is 24.0 Å². The summed E-state index contributed by atoms with van der Waals surface area (Å²) in [7, 11) is 0. The van der Waals surface area contributed by atoms with E-state index in [1.165, 1.54) is 12.8 Å². The van der Waals surface area contributed by atoms with Crippen molar-refractivity contribution in [3.8, 4) is 17.0 Å². The van der Waals surface area contributed by atoms with Gasteiger partial charge in [0, 0.05) is 22.4 Å². The normalized spacial score (nSPS) is 23.0. The predicted molar refractivity (Wildman–Crippen MR) is 166 cm³/mol. The number of carbonyl (C=O) groups excluding carboxylic acids is 2. The predicted octanol–water partition coefficient (Wildman–Crippen LogP) is 7.77. The van der Waals surface area contributed by atoms with Gasteiger partial charge in [-0.2, -0.15) is 5.10 Å². The molecule has 4 atom stereocenters. The highest BCUT2D eigenvalue weighted by molar-refractivity contribution is 6.01. The van der Waals surface area contributed by atoms with E-state index in [0.717, 1.165) is 59.0 Å². The molecule has 0 saturated heterocycles. The number of aromatic nitrogens is 2. The van der Waals surface area contributed by atoms with Gasteiger partial charge < -0.3 is 14.8 Å². The zero-order valence-corrected chi connectivity index (χ0v) is 24.8. The Hall–Kier alpha value is -3.93. The topological polar surface area (TPSA) is 84.1 Å². The Bertz CT molecular complexity index is 1510. The minimum Gasteiger partial charge on any atom is -0.490 e. The summed E-state index contributed by atoms with van der Waals surface area (Å²) in [5.41, 5.74) is 4.40. The molecule has 6 rings (SSSR count). The number of ether oxygens (including phenoxy) is 1. The van der Waals surface area contributed by atoms with Gasteiger partial charge in [0.15, 0.2) is 0 Å². The number of fused-ring (bicyclic) bond motifs is 3. The lowest BCUT2D eigenvalue weighted by molar-refractivity contribution is -0.113. The van der Waals surface area contributed by atoms with Crippen molar-refractivity contribution in [2.45, 2.75) is 65.0 Å². The number of hydrogen-bond acceptors (Lipinski definition) is 4. The van der Waals surface area contributed by atoms with Crippen molar-refractivity contribution in [3.63, 3.8) is 0 Å². The summed E-state index contributed by atoms with van der Waals surface area (Å²) in [6.45, 7) is 6.42. The van der Waals surface area contributed by atoms with Crippen LogP contribution < -0.4 is 10.1 Å². The average Bonchev–Trinajstić information content (AvgIpc) is 3.54. The van der Waals surface area contributed by atoms with Crippen LogP contribution in [0.15, 0.2) is 72.8 Å². The Labute approximate surface area is 248 Å². The molecule has 2 aliphatic carbocycles. The van der Waals surface area contributed by atoms with E-state index in [0.29, 0.717) is 29.2 Å².